The van der Waals surface area contributed by atoms with Crippen LogP contribution in [0.25, 0.3) is 10.9 Å². The summed E-state index contributed by atoms with van der Waals surface area (Å²) in [6.07, 6.45) is 3.43. The van der Waals surface area contributed by atoms with Crippen molar-refractivity contribution in [3.63, 3.8) is 0 Å². The summed E-state index contributed by atoms with van der Waals surface area (Å²) in [5.74, 6) is -0.412. The molecule has 31 heavy (non-hydrogen) atoms. The average molecular weight is 428 g/mol. The van der Waals surface area contributed by atoms with E-state index in [1.807, 2.05) is 29.2 Å². The number of rotatable bonds is 4. The van der Waals surface area contributed by atoms with E-state index >= 15 is 0 Å². The molecular weight excluding hydrogens is 398 g/mol. The molecule has 5 rings (SSSR count). The molecular formula is C22H29N5O4. The first-order valence-electron chi connectivity index (χ1n) is 11.1. The van der Waals surface area contributed by atoms with Gasteiger partial charge in [0.15, 0.2) is 11.5 Å². The molecule has 2 aromatic rings. The SMILES string of the molecule is O=C(CN1CCN(C(=O)c2n[nH]c3ccccc23)CC1)NC1CCC2(CC1)OCCO2. The van der Waals surface area contributed by atoms with Crippen LogP contribution in [-0.4, -0.2) is 89.6 Å². The van der Waals surface area contributed by atoms with Crippen LogP contribution in [0.15, 0.2) is 24.3 Å². The lowest BCUT2D eigenvalue weighted by Crippen LogP contribution is -2.52. The van der Waals surface area contributed by atoms with E-state index in [1.54, 1.807) is 0 Å². The number of para-hydroxylation sites is 1. The number of aromatic nitrogens is 2. The molecule has 2 N–H and O–H groups in total. The Balaban J connectivity index is 1.08. The van der Waals surface area contributed by atoms with Gasteiger partial charge in [-0.2, -0.15) is 5.10 Å². The van der Waals surface area contributed by atoms with Crippen molar-refractivity contribution in [3.8, 4) is 0 Å². The van der Waals surface area contributed by atoms with E-state index in [1.165, 1.54) is 0 Å². The average Bonchev–Trinajstić information content (AvgIpc) is 3.43. The van der Waals surface area contributed by atoms with Crippen molar-refractivity contribution in [2.45, 2.75) is 37.5 Å². The molecule has 1 aromatic carbocycles. The highest BCUT2D eigenvalue weighted by Gasteiger charge is 2.40. The van der Waals surface area contributed by atoms with Gasteiger partial charge >= 0.3 is 0 Å². The third-order valence-corrected chi connectivity index (χ3v) is 6.63. The first-order chi connectivity index (χ1) is 15.1. The largest absolute Gasteiger partial charge is 0.352 e. The molecule has 0 radical (unpaired) electrons. The molecule has 3 fully saturated rings. The van der Waals surface area contributed by atoms with Crippen molar-refractivity contribution in [2.24, 2.45) is 0 Å². The smallest absolute Gasteiger partial charge is 0.275 e. The monoisotopic (exact) mass is 427 g/mol. The molecule has 0 unspecified atom stereocenters. The summed E-state index contributed by atoms with van der Waals surface area (Å²) < 4.78 is 11.5. The second-order valence-corrected chi connectivity index (χ2v) is 8.64. The van der Waals surface area contributed by atoms with Gasteiger partial charge in [-0.1, -0.05) is 18.2 Å². The fourth-order valence-electron chi connectivity index (χ4n) is 4.85. The predicted molar refractivity (Wildman–Crippen MR) is 113 cm³/mol. The molecule has 2 saturated heterocycles. The van der Waals surface area contributed by atoms with Crippen molar-refractivity contribution in [1.82, 2.24) is 25.3 Å². The predicted octanol–water partition coefficient (Wildman–Crippen LogP) is 1.12. The normalized spacial score (nSPS) is 22.3. The van der Waals surface area contributed by atoms with Crippen molar-refractivity contribution < 1.29 is 19.1 Å². The summed E-state index contributed by atoms with van der Waals surface area (Å²) in [5.41, 5.74) is 1.33. The minimum atomic E-state index is -0.399. The highest BCUT2D eigenvalue weighted by Crippen LogP contribution is 2.35. The summed E-state index contributed by atoms with van der Waals surface area (Å²) in [6, 6.07) is 7.83. The van der Waals surface area contributed by atoms with Gasteiger partial charge in [0, 0.05) is 50.4 Å². The third-order valence-electron chi connectivity index (χ3n) is 6.63. The molecule has 166 valence electrons. The Hall–Kier alpha value is -2.49. The second kappa shape index (κ2) is 8.57. The molecule has 0 bridgehead atoms. The molecule has 2 aliphatic heterocycles. The first kappa shape index (κ1) is 20.4. The van der Waals surface area contributed by atoms with E-state index in [9.17, 15) is 9.59 Å². The number of amides is 2. The lowest BCUT2D eigenvalue weighted by molar-refractivity contribution is -0.180. The quantitative estimate of drug-likeness (QED) is 0.759. The van der Waals surface area contributed by atoms with E-state index in [4.69, 9.17) is 9.47 Å². The van der Waals surface area contributed by atoms with E-state index in [0.717, 1.165) is 36.6 Å². The van der Waals surface area contributed by atoms with Crippen LogP contribution >= 0.6 is 0 Å². The van der Waals surface area contributed by atoms with E-state index in [2.05, 4.69) is 20.4 Å². The maximum absolute atomic E-state index is 12.9. The molecule has 1 saturated carbocycles. The van der Waals surface area contributed by atoms with E-state index in [0.29, 0.717) is 51.6 Å². The fourth-order valence-corrected chi connectivity index (χ4v) is 4.85. The number of piperazine rings is 1. The summed E-state index contributed by atoms with van der Waals surface area (Å²) in [7, 11) is 0. The highest BCUT2D eigenvalue weighted by atomic mass is 16.7. The van der Waals surface area contributed by atoms with Crippen LogP contribution in [0.1, 0.15) is 36.2 Å². The number of aromatic amines is 1. The minimum Gasteiger partial charge on any atom is -0.352 e. The van der Waals surface area contributed by atoms with Gasteiger partial charge in [-0.15, -0.1) is 0 Å². The summed E-state index contributed by atoms with van der Waals surface area (Å²) in [5, 5.41) is 11.1. The van der Waals surface area contributed by atoms with Crippen LogP contribution in [0.2, 0.25) is 0 Å². The Labute approximate surface area is 181 Å². The molecule has 3 heterocycles. The number of ether oxygens (including phenoxy) is 2. The molecule has 1 aromatic heterocycles. The Morgan fingerprint density at radius 3 is 2.55 bits per heavy atom. The number of fused-ring (bicyclic) bond motifs is 1. The van der Waals surface area contributed by atoms with Crippen LogP contribution in [0.4, 0.5) is 0 Å². The Bertz CT molecular complexity index is 936. The van der Waals surface area contributed by atoms with Crippen LogP contribution in [0.5, 0.6) is 0 Å². The van der Waals surface area contributed by atoms with Gasteiger partial charge < -0.3 is 19.7 Å². The molecule has 9 nitrogen and oxygen atoms in total. The molecule has 1 spiro atoms. The maximum Gasteiger partial charge on any atom is 0.275 e. The summed E-state index contributed by atoms with van der Waals surface area (Å²) in [6.45, 7) is 4.24. The Kier molecular flexibility index (Phi) is 5.64. The number of nitrogens with one attached hydrogen (secondary N) is 2. The lowest BCUT2D eigenvalue weighted by Gasteiger charge is -2.36. The highest BCUT2D eigenvalue weighted by molar-refractivity contribution is 6.04. The molecule has 0 atom stereocenters. The maximum atomic E-state index is 12.9. The zero-order valence-electron chi connectivity index (χ0n) is 17.6. The lowest BCUT2D eigenvalue weighted by atomic mass is 9.90. The number of hydrogen-bond acceptors (Lipinski definition) is 6. The van der Waals surface area contributed by atoms with Gasteiger partial charge in [0.2, 0.25) is 5.91 Å². The van der Waals surface area contributed by atoms with Gasteiger partial charge in [0.25, 0.3) is 5.91 Å². The molecule has 2 amide bonds. The molecule has 1 aliphatic carbocycles. The van der Waals surface area contributed by atoms with Crippen molar-refractivity contribution in [3.05, 3.63) is 30.0 Å². The molecule has 3 aliphatic rings. The van der Waals surface area contributed by atoms with E-state index < -0.39 is 5.79 Å². The van der Waals surface area contributed by atoms with Crippen molar-refractivity contribution in [1.29, 1.82) is 0 Å². The summed E-state index contributed by atoms with van der Waals surface area (Å²) in [4.78, 5) is 29.4. The number of carbonyl (C=O) groups is 2. The van der Waals surface area contributed by atoms with Gasteiger partial charge in [0.1, 0.15) is 0 Å². The van der Waals surface area contributed by atoms with Gasteiger partial charge in [-0.25, -0.2) is 0 Å². The fraction of sp³-hybridized carbons (Fsp3) is 0.591. The zero-order chi connectivity index (χ0) is 21.3. The second-order valence-electron chi connectivity index (χ2n) is 8.64. The topological polar surface area (TPSA) is 99.8 Å². The number of nitrogens with zero attached hydrogens (tertiary/aromatic N) is 3. The van der Waals surface area contributed by atoms with Crippen LogP contribution < -0.4 is 5.32 Å². The third kappa shape index (κ3) is 4.30. The van der Waals surface area contributed by atoms with Crippen LogP contribution in [-0.2, 0) is 14.3 Å². The Morgan fingerprint density at radius 1 is 1.10 bits per heavy atom. The van der Waals surface area contributed by atoms with Gasteiger partial charge in [0.05, 0.1) is 25.3 Å². The van der Waals surface area contributed by atoms with Crippen molar-refractivity contribution >= 4 is 22.7 Å². The van der Waals surface area contributed by atoms with Crippen LogP contribution in [0.3, 0.4) is 0 Å². The van der Waals surface area contributed by atoms with Crippen LogP contribution in [0, 0.1) is 0 Å². The van der Waals surface area contributed by atoms with Gasteiger partial charge in [-0.3, -0.25) is 19.6 Å². The zero-order valence-corrected chi connectivity index (χ0v) is 17.6. The van der Waals surface area contributed by atoms with Crippen molar-refractivity contribution in [2.75, 3.05) is 45.9 Å². The Morgan fingerprint density at radius 2 is 1.81 bits per heavy atom. The first-order valence-corrected chi connectivity index (χ1v) is 11.1. The number of H-pyrrole nitrogens is 1. The minimum absolute atomic E-state index is 0.0484. The number of carbonyl (C=O) groups excluding carboxylic acids is 2. The van der Waals surface area contributed by atoms with Gasteiger partial charge in [-0.05, 0) is 18.9 Å². The van der Waals surface area contributed by atoms with E-state index in [-0.39, 0.29) is 17.9 Å². The summed E-state index contributed by atoms with van der Waals surface area (Å²) >= 11 is 0. The molecule has 9 heteroatoms. The number of benzene rings is 1. The standard InChI is InChI=1S/C22H29N5O4/c28-19(23-16-5-7-22(8-6-16)30-13-14-31-22)15-26-9-11-27(12-10-26)21(29)20-17-3-1-2-4-18(17)24-25-20/h1-4,16H,5-15H2,(H,23,28)(H,24,25). The number of hydrogen-bond donors (Lipinski definition) is 2.